The second-order valence-electron chi connectivity index (χ2n) is 6.25. The molecule has 120 valence electrons. The Morgan fingerprint density at radius 1 is 1.09 bits per heavy atom. The SMILES string of the molecule is CCC1(CC)C(=O)N(CCCN(C)C)C(=O)c2ccccc21. The van der Waals surface area contributed by atoms with Gasteiger partial charge >= 0.3 is 0 Å². The highest BCUT2D eigenvalue weighted by molar-refractivity contribution is 6.13. The van der Waals surface area contributed by atoms with E-state index in [4.69, 9.17) is 0 Å². The summed E-state index contributed by atoms with van der Waals surface area (Å²) in [5.41, 5.74) is 1.04. The molecule has 2 rings (SSSR count). The summed E-state index contributed by atoms with van der Waals surface area (Å²) >= 11 is 0. The zero-order chi connectivity index (χ0) is 16.3. The van der Waals surface area contributed by atoms with E-state index in [0.717, 1.165) is 31.4 Å². The van der Waals surface area contributed by atoms with Crippen LogP contribution in [0.4, 0.5) is 0 Å². The Labute approximate surface area is 133 Å². The minimum absolute atomic E-state index is 0.0278. The van der Waals surface area contributed by atoms with Gasteiger partial charge < -0.3 is 4.90 Å². The Kier molecular flexibility index (Phi) is 5.01. The van der Waals surface area contributed by atoms with Gasteiger partial charge in [0.1, 0.15) is 0 Å². The maximum absolute atomic E-state index is 13.0. The van der Waals surface area contributed by atoms with E-state index < -0.39 is 5.41 Å². The molecule has 1 aliphatic rings. The van der Waals surface area contributed by atoms with Crippen LogP contribution in [0.5, 0.6) is 0 Å². The summed E-state index contributed by atoms with van der Waals surface area (Å²) in [6.07, 6.45) is 2.24. The molecule has 1 aliphatic heterocycles. The van der Waals surface area contributed by atoms with Crippen molar-refractivity contribution in [3.63, 3.8) is 0 Å². The number of carbonyl (C=O) groups excluding carboxylic acids is 2. The van der Waals surface area contributed by atoms with Gasteiger partial charge in [0.25, 0.3) is 5.91 Å². The summed E-state index contributed by atoms with van der Waals surface area (Å²) < 4.78 is 0. The molecule has 0 aromatic heterocycles. The van der Waals surface area contributed by atoms with E-state index in [1.165, 1.54) is 4.90 Å². The van der Waals surface area contributed by atoms with Crippen LogP contribution in [0.1, 0.15) is 49.0 Å². The van der Waals surface area contributed by atoms with Gasteiger partial charge in [-0.2, -0.15) is 0 Å². The number of rotatable bonds is 6. The minimum atomic E-state index is -0.553. The zero-order valence-electron chi connectivity index (χ0n) is 14.1. The molecule has 0 radical (unpaired) electrons. The molecule has 0 saturated heterocycles. The molecule has 22 heavy (non-hydrogen) atoms. The lowest BCUT2D eigenvalue weighted by Gasteiger charge is -2.41. The van der Waals surface area contributed by atoms with Crippen molar-refractivity contribution >= 4 is 11.8 Å². The molecule has 0 aliphatic carbocycles. The molecule has 4 heteroatoms. The van der Waals surface area contributed by atoms with Crippen molar-refractivity contribution in [1.29, 1.82) is 0 Å². The maximum atomic E-state index is 13.0. The van der Waals surface area contributed by atoms with Crippen LogP contribution in [-0.2, 0) is 10.2 Å². The van der Waals surface area contributed by atoms with Crippen LogP contribution in [0.3, 0.4) is 0 Å². The summed E-state index contributed by atoms with van der Waals surface area (Å²) in [5, 5.41) is 0. The molecular formula is C18H26N2O2. The largest absolute Gasteiger partial charge is 0.309 e. The third kappa shape index (κ3) is 2.68. The lowest BCUT2D eigenvalue weighted by atomic mass is 9.70. The number of benzene rings is 1. The summed E-state index contributed by atoms with van der Waals surface area (Å²) in [6.45, 7) is 5.42. The Bertz CT molecular complexity index is 562. The van der Waals surface area contributed by atoms with Crippen LogP contribution >= 0.6 is 0 Å². The van der Waals surface area contributed by atoms with Crippen molar-refractivity contribution in [3.05, 3.63) is 35.4 Å². The van der Waals surface area contributed by atoms with Crippen molar-refractivity contribution in [1.82, 2.24) is 9.80 Å². The molecule has 0 fully saturated rings. The predicted molar refractivity (Wildman–Crippen MR) is 87.9 cm³/mol. The molecule has 0 N–H and O–H groups in total. The minimum Gasteiger partial charge on any atom is -0.309 e. The standard InChI is InChI=1S/C18H26N2O2/c1-5-18(6-2)15-11-8-7-10-14(15)16(21)20(17(18)22)13-9-12-19(3)4/h7-8,10-11H,5-6,9,12-13H2,1-4H3. The normalized spacial score (nSPS) is 17.0. The second-order valence-corrected chi connectivity index (χ2v) is 6.25. The van der Waals surface area contributed by atoms with Crippen LogP contribution in [0.25, 0.3) is 0 Å². The first-order valence-electron chi connectivity index (χ1n) is 8.08. The van der Waals surface area contributed by atoms with Gasteiger partial charge in [-0.25, -0.2) is 0 Å². The molecule has 1 heterocycles. The molecule has 0 saturated carbocycles. The van der Waals surface area contributed by atoms with E-state index in [1.54, 1.807) is 0 Å². The summed E-state index contributed by atoms with van der Waals surface area (Å²) in [4.78, 5) is 29.3. The van der Waals surface area contributed by atoms with Crippen molar-refractivity contribution in [2.45, 2.75) is 38.5 Å². The van der Waals surface area contributed by atoms with Crippen LogP contribution in [-0.4, -0.2) is 48.8 Å². The average molecular weight is 302 g/mol. The van der Waals surface area contributed by atoms with Gasteiger partial charge in [-0.1, -0.05) is 32.0 Å². The average Bonchev–Trinajstić information content (AvgIpc) is 2.52. The maximum Gasteiger partial charge on any atom is 0.260 e. The number of imide groups is 1. The van der Waals surface area contributed by atoms with E-state index in [9.17, 15) is 9.59 Å². The van der Waals surface area contributed by atoms with Gasteiger partial charge in [-0.05, 0) is 51.5 Å². The Morgan fingerprint density at radius 3 is 2.32 bits per heavy atom. The second kappa shape index (κ2) is 6.61. The smallest absolute Gasteiger partial charge is 0.260 e. The van der Waals surface area contributed by atoms with Gasteiger partial charge in [0, 0.05) is 12.1 Å². The number of nitrogens with zero attached hydrogens (tertiary/aromatic N) is 2. The third-order valence-corrected chi connectivity index (χ3v) is 4.77. The first kappa shape index (κ1) is 16.7. The lowest BCUT2D eigenvalue weighted by Crippen LogP contribution is -2.54. The quantitative estimate of drug-likeness (QED) is 0.759. The van der Waals surface area contributed by atoms with Crippen LogP contribution < -0.4 is 0 Å². The molecule has 0 unspecified atom stereocenters. The van der Waals surface area contributed by atoms with Crippen molar-refractivity contribution in [2.75, 3.05) is 27.2 Å². The van der Waals surface area contributed by atoms with Gasteiger partial charge in [0.05, 0.1) is 5.41 Å². The molecule has 4 nitrogen and oxygen atoms in total. The highest BCUT2D eigenvalue weighted by Crippen LogP contribution is 2.40. The Balaban J connectivity index is 2.39. The molecule has 0 spiro atoms. The van der Waals surface area contributed by atoms with E-state index >= 15 is 0 Å². The highest BCUT2D eigenvalue weighted by Gasteiger charge is 2.47. The number of carbonyl (C=O) groups is 2. The fraction of sp³-hybridized carbons (Fsp3) is 0.556. The molecular weight excluding hydrogens is 276 g/mol. The molecule has 0 atom stereocenters. The molecule has 0 bridgehead atoms. The van der Waals surface area contributed by atoms with E-state index in [-0.39, 0.29) is 11.8 Å². The topological polar surface area (TPSA) is 40.6 Å². The van der Waals surface area contributed by atoms with E-state index in [0.29, 0.717) is 12.1 Å². The molecule has 1 aromatic rings. The monoisotopic (exact) mass is 302 g/mol. The number of hydrogen-bond acceptors (Lipinski definition) is 3. The highest BCUT2D eigenvalue weighted by atomic mass is 16.2. The number of hydrogen-bond donors (Lipinski definition) is 0. The van der Waals surface area contributed by atoms with Gasteiger partial charge in [0.2, 0.25) is 5.91 Å². The van der Waals surface area contributed by atoms with Crippen LogP contribution in [0.2, 0.25) is 0 Å². The predicted octanol–water partition coefficient (Wildman–Crippen LogP) is 2.68. The zero-order valence-corrected chi connectivity index (χ0v) is 14.1. The number of amides is 2. The van der Waals surface area contributed by atoms with Crippen molar-refractivity contribution < 1.29 is 9.59 Å². The summed E-state index contributed by atoms with van der Waals surface area (Å²) in [6, 6.07) is 7.58. The third-order valence-electron chi connectivity index (χ3n) is 4.77. The van der Waals surface area contributed by atoms with Gasteiger partial charge in [0.15, 0.2) is 0 Å². The fourth-order valence-corrected chi connectivity index (χ4v) is 3.38. The number of fused-ring (bicyclic) bond motifs is 1. The Hall–Kier alpha value is -1.68. The van der Waals surface area contributed by atoms with Crippen molar-refractivity contribution in [2.24, 2.45) is 0 Å². The van der Waals surface area contributed by atoms with Crippen LogP contribution in [0, 0.1) is 0 Å². The van der Waals surface area contributed by atoms with Crippen molar-refractivity contribution in [3.8, 4) is 0 Å². The van der Waals surface area contributed by atoms with E-state index in [2.05, 4.69) is 4.90 Å². The molecule has 1 aromatic carbocycles. The first-order valence-corrected chi connectivity index (χ1v) is 8.08. The molecule has 2 amide bonds. The lowest BCUT2D eigenvalue weighted by molar-refractivity contribution is -0.136. The summed E-state index contributed by atoms with van der Waals surface area (Å²) in [7, 11) is 4.00. The summed E-state index contributed by atoms with van der Waals surface area (Å²) in [5.74, 6) is -0.170. The van der Waals surface area contributed by atoms with Gasteiger partial charge in [-0.15, -0.1) is 0 Å². The van der Waals surface area contributed by atoms with Gasteiger partial charge in [-0.3, -0.25) is 14.5 Å². The van der Waals surface area contributed by atoms with E-state index in [1.807, 2.05) is 52.2 Å². The first-order chi connectivity index (χ1) is 10.5. The van der Waals surface area contributed by atoms with Crippen LogP contribution in [0.15, 0.2) is 24.3 Å². The Morgan fingerprint density at radius 2 is 1.73 bits per heavy atom. The fourth-order valence-electron chi connectivity index (χ4n) is 3.38.